The van der Waals surface area contributed by atoms with Gasteiger partial charge in [-0.15, -0.1) is 0 Å². The molecule has 0 aliphatic carbocycles. The summed E-state index contributed by atoms with van der Waals surface area (Å²) in [5.74, 6) is -0.526. The van der Waals surface area contributed by atoms with Crippen LogP contribution in [0.3, 0.4) is 0 Å². The minimum atomic E-state index is -0.526. The monoisotopic (exact) mass is 282 g/mol. The van der Waals surface area contributed by atoms with Crippen molar-refractivity contribution in [3.05, 3.63) is 34.5 Å². The SMILES string of the molecule is COC(=O)c1nc(-c2ccc(Cl)cc2C)sc1N. The Kier molecular flexibility index (Phi) is 3.54. The number of hydrogen-bond acceptors (Lipinski definition) is 5. The van der Waals surface area contributed by atoms with Gasteiger partial charge in [-0.05, 0) is 24.6 Å². The number of rotatable bonds is 2. The Hall–Kier alpha value is -1.59. The van der Waals surface area contributed by atoms with Crippen molar-refractivity contribution < 1.29 is 9.53 Å². The molecule has 0 aliphatic rings. The summed E-state index contributed by atoms with van der Waals surface area (Å²) in [6, 6.07) is 5.47. The van der Waals surface area contributed by atoms with Gasteiger partial charge in [0.05, 0.1) is 7.11 Å². The maximum atomic E-state index is 11.4. The zero-order chi connectivity index (χ0) is 13.3. The number of carbonyl (C=O) groups excluding carboxylic acids is 1. The van der Waals surface area contributed by atoms with Gasteiger partial charge in [-0.1, -0.05) is 29.0 Å². The van der Waals surface area contributed by atoms with E-state index in [2.05, 4.69) is 9.72 Å². The molecule has 0 atom stereocenters. The van der Waals surface area contributed by atoms with Gasteiger partial charge in [0.15, 0.2) is 5.69 Å². The molecule has 0 amide bonds. The lowest BCUT2D eigenvalue weighted by atomic mass is 10.1. The Morgan fingerprint density at radius 1 is 1.50 bits per heavy atom. The van der Waals surface area contributed by atoms with E-state index in [1.165, 1.54) is 18.4 Å². The molecule has 2 N–H and O–H groups in total. The molecule has 0 bridgehead atoms. The number of nitrogens with zero attached hydrogens (tertiary/aromatic N) is 1. The van der Waals surface area contributed by atoms with Gasteiger partial charge in [0.1, 0.15) is 10.0 Å². The van der Waals surface area contributed by atoms with Crippen LogP contribution >= 0.6 is 22.9 Å². The van der Waals surface area contributed by atoms with Gasteiger partial charge in [-0.2, -0.15) is 0 Å². The van der Waals surface area contributed by atoms with E-state index < -0.39 is 5.97 Å². The fraction of sp³-hybridized carbons (Fsp3) is 0.167. The average Bonchev–Trinajstić information content (AvgIpc) is 2.70. The third-order valence-electron chi connectivity index (χ3n) is 2.45. The van der Waals surface area contributed by atoms with E-state index >= 15 is 0 Å². The zero-order valence-corrected chi connectivity index (χ0v) is 11.4. The first-order chi connectivity index (χ1) is 8.52. The van der Waals surface area contributed by atoms with E-state index in [9.17, 15) is 4.79 Å². The van der Waals surface area contributed by atoms with Crippen molar-refractivity contribution in [1.29, 1.82) is 0 Å². The molecule has 94 valence electrons. The third kappa shape index (κ3) is 2.32. The molecular formula is C12H11ClN2O2S. The number of benzene rings is 1. The molecule has 1 heterocycles. The molecule has 1 aromatic carbocycles. The van der Waals surface area contributed by atoms with Crippen LogP contribution in [0.25, 0.3) is 10.6 Å². The standard InChI is InChI=1S/C12H11ClN2O2S/c1-6-5-7(13)3-4-8(6)11-15-9(10(14)18-11)12(16)17-2/h3-5H,14H2,1-2H3. The number of hydrogen-bond donors (Lipinski definition) is 1. The molecule has 0 fully saturated rings. The molecule has 0 unspecified atom stereocenters. The normalized spacial score (nSPS) is 10.4. The maximum Gasteiger partial charge on any atom is 0.359 e. The van der Waals surface area contributed by atoms with Crippen LogP contribution in [0, 0.1) is 6.92 Å². The predicted molar refractivity (Wildman–Crippen MR) is 73.0 cm³/mol. The summed E-state index contributed by atoms with van der Waals surface area (Å²) >= 11 is 7.15. The highest BCUT2D eigenvalue weighted by Gasteiger charge is 2.18. The fourth-order valence-corrected chi connectivity index (χ4v) is 2.69. The molecule has 1 aromatic heterocycles. The van der Waals surface area contributed by atoms with Crippen LogP contribution in [0.5, 0.6) is 0 Å². The third-order valence-corrected chi connectivity index (χ3v) is 3.60. The number of aromatic nitrogens is 1. The van der Waals surface area contributed by atoms with E-state index in [0.717, 1.165) is 11.1 Å². The van der Waals surface area contributed by atoms with Gasteiger partial charge in [0.25, 0.3) is 0 Å². The second-order valence-electron chi connectivity index (χ2n) is 3.68. The number of carbonyl (C=O) groups is 1. The first-order valence-electron chi connectivity index (χ1n) is 5.14. The van der Waals surface area contributed by atoms with Gasteiger partial charge in [0.2, 0.25) is 0 Å². The van der Waals surface area contributed by atoms with Crippen molar-refractivity contribution in [2.75, 3.05) is 12.8 Å². The Morgan fingerprint density at radius 3 is 2.83 bits per heavy atom. The molecule has 0 saturated carbocycles. The van der Waals surface area contributed by atoms with Crippen molar-refractivity contribution in [3.8, 4) is 10.6 Å². The first-order valence-corrected chi connectivity index (χ1v) is 6.33. The molecule has 0 aliphatic heterocycles. The van der Waals surface area contributed by atoms with Crippen LogP contribution in [0.2, 0.25) is 5.02 Å². The highest BCUT2D eigenvalue weighted by Crippen LogP contribution is 2.33. The number of nitrogen functional groups attached to an aromatic ring is 1. The van der Waals surface area contributed by atoms with Crippen LogP contribution in [0.4, 0.5) is 5.00 Å². The number of nitrogens with two attached hydrogens (primary N) is 1. The van der Waals surface area contributed by atoms with Gasteiger partial charge < -0.3 is 10.5 Å². The Labute approximate surface area is 113 Å². The van der Waals surface area contributed by atoms with Crippen LogP contribution < -0.4 is 5.73 Å². The van der Waals surface area contributed by atoms with Crippen molar-refractivity contribution in [2.24, 2.45) is 0 Å². The van der Waals surface area contributed by atoms with Crippen molar-refractivity contribution in [3.63, 3.8) is 0 Å². The summed E-state index contributed by atoms with van der Waals surface area (Å²) in [4.78, 5) is 15.7. The Bertz CT molecular complexity index is 610. The van der Waals surface area contributed by atoms with E-state index in [-0.39, 0.29) is 5.69 Å². The zero-order valence-electron chi connectivity index (χ0n) is 9.86. The molecule has 18 heavy (non-hydrogen) atoms. The minimum Gasteiger partial charge on any atom is -0.464 e. The number of ether oxygens (including phenoxy) is 1. The van der Waals surface area contributed by atoms with Gasteiger partial charge in [-0.3, -0.25) is 0 Å². The summed E-state index contributed by atoms with van der Waals surface area (Å²) in [7, 11) is 1.30. The lowest BCUT2D eigenvalue weighted by Crippen LogP contribution is -2.04. The number of thiazole rings is 1. The van der Waals surface area contributed by atoms with Crippen molar-refractivity contribution in [2.45, 2.75) is 6.92 Å². The summed E-state index contributed by atoms with van der Waals surface area (Å²) in [5.41, 5.74) is 7.81. The van der Waals surface area contributed by atoms with E-state index in [1.807, 2.05) is 19.1 Å². The lowest BCUT2D eigenvalue weighted by Gasteiger charge is -2.01. The fourth-order valence-electron chi connectivity index (χ4n) is 1.56. The maximum absolute atomic E-state index is 11.4. The minimum absolute atomic E-state index is 0.159. The molecule has 0 spiro atoms. The van der Waals surface area contributed by atoms with Crippen LogP contribution in [0.1, 0.15) is 16.1 Å². The highest BCUT2D eigenvalue weighted by molar-refractivity contribution is 7.19. The summed E-state index contributed by atoms with van der Waals surface area (Å²) in [6.07, 6.45) is 0. The molecular weight excluding hydrogens is 272 g/mol. The molecule has 0 radical (unpaired) electrons. The molecule has 0 saturated heterocycles. The van der Waals surface area contributed by atoms with Crippen LogP contribution in [0.15, 0.2) is 18.2 Å². The van der Waals surface area contributed by atoms with E-state index in [1.54, 1.807) is 6.07 Å². The summed E-state index contributed by atoms with van der Waals surface area (Å²) in [6.45, 7) is 1.93. The number of methoxy groups -OCH3 is 1. The number of halogens is 1. The number of aryl methyl sites for hydroxylation is 1. The Balaban J connectivity index is 2.49. The molecule has 2 rings (SSSR count). The first kappa shape index (κ1) is 12.9. The summed E-state index contributed by atoms with van der Waals surface area (Å²) in [5, 5.41) is 1.70. The lowest BCUT2D eigenvalue weighted by molar-refractivity contribution is 0.0596. The molecule has 4 nitrogen and oxygen atoms in total. The highest BCUT2D eigenvalue weighted by atomic mass is 35.5. The quantitative estimate of drug-likeness (QED) is 0.860. The van der Waals surface area contributed by atoms with E-state index in [0.29, 0.717) is 15.0 Å². The van der Waals surface area contributed by atoms with Gasteiger partial charge in [-0.25, -0.2) is 9.78 Å². The predicted octanol–water partition coefficient (Wildman–Crippen LogP) is 3.14. The number of esters is 1. The average molecular weight is 283 g/mol. The largest absolute Gasteiger partial charge is 0.464 e. The molecule has 6 heteroatoms. The smallest absolute Gasteiger partial charge is 0.359 e. The van der Waals surface area contributed by atoms with Crippen LogP contribution in [-0.4, -0.2) is 18.1 Å². The number of anilines is 1. The topological polar surface area (TPSA) is 65.2 Å². The van der Waals surface area contributed by atoms with Crippen molar-refractivity contribution >= 4 is 33.9 Å². The van der Waals surface area contributed by atoms with Crippen LogP contribution in [-0.2, 0) is 4.74 Å². The molecule has 2 aromatic rings. The van der Waals surface area contributed by atoms with Gasteiger partial charge in [0, 0.05) is 10.6 Å². The van der Waals surface area contributed by atoms with Crippen molar-refractivity contribution in [1.82, 2.24) is 4.98 Å². The summed E-state index contributed by atoms with van der Waals surface area (Å²) < 4.78 is 4.62. The Morgan fingerprint density at radius 2 is 2.22 bits per heavy atom. The van der Waals surface area contributed by atoms with E-state index in [4.69, 9.17) is 17.3 Å². The van der Waals surface area contributed by atoms with Gasteiger partial charge >= 0.3 is 5.97 Å². The second kappa shape index (κ2) is 4.96. The second-order valence-corrected chi connectivity index (χ2v) is 5.15.